The van der Waals surface area contributed by atoms with Gasteiger partial charge >= 0.3 is 0 Å². The van der Waals surface area contributed by atoms with E-state index in [1.807, 2.05) is 35.4 Å². The second-order valence-electron chi connectivity index (χ2n) is 6.24. The van der Waals surface area contributed by atoms with Gasteiger partial charge in [-0.1, -0.05) is 26.3 Å². The van der Waals surface area contributed by atoms with Crippen molar-refractivity contribution in [2.75, 3.05) is 13.1 Å². The van der Waals surface area contributed by atoms with Crippen LogP contribution in [0.1, 0.15) is 43.5 Å². The minimum atomic E-state index is 0.166. The first-order valence-electron chi connectivity index (χ1n) is 7.48. The fraction of sp³-hybridized carbons (Fsp3) is 0.471. The molecule has 3 rings (SSSR count). The summed E-state index contributed by atoms with van der Waals surface area (Å²) in [7, 11) is 0. The Morgan fingerprint density at radius 1 is 1.30 bits per heavy atom. The number of hydrogen-bond donors (Lipinski definition) is 1. The Labute approximate surface area is 120 Å². The second-order valence-corrected chi connectivity index (χ2v) is 6.24. The topological polar surface area (TPSA) is 36.1 Å². The number of amides is 1. The Morgan fingerprint density at radius 3 is 2.75 bits per heavy atom. The molecule has 0 saturated carbocycles. The van der Waals surface area contributed by atoms with Crippen LogP contribution in [0.3, 0.4) is 0 Å². The van der Waals surface area contributed by atoms with E-state index in [4.69, 9.17) is 0 Å². The second kappa shape index (κ2) is 4.97. The summed E-state index contributed by atoms with van der Waals surface area (Å²) in [6.45, 7) is 6.34. The Morgan fingerprint density at radius 2 is 2.05 bits per heavy atom. The molecule has 1 aliphatic rings. The van der Waals surface area contributed by atoms with Gasteiger partial charge in [0.15, 0.2) is 0 Å². The lowest BCUT2D eigenvalue weighted by Gasteiger charge is -2.39. The molecule has 1 fully saturated rings. The van der Waals surface area contributed by atoms with E-state index < -0.39 is 0 Å². The van der Waals surface area contributed by atoms with Crippen molar-refractivity contribution in [1.29, 1.82) is 0 Å². The summed E-state index contributed by atoms with van der Waals surface area (Å²) in [4.78, 5) is 17.7. The first-order chi connectivity index (χ1) is 9.61. The molecular weight excluding hydrogens is 248 g/mol. The third kappa shape index (κ3) is 2.33. The number of piperidine rings is 1. The van der Waals surface area contributed by atoms with Crippen LogP contribution in [0.15, 0.2) is 30.5 Å². The van der Waals surface area contributed by atoms with E-state index in [1.165, 1.54) is 6.42 Å². The van der Waals surface area contributed by atoms with Gasteiger partial charge in [0.05, 0.1) is 0 Å². The standard InChI is InChI=1S/C17H22N2O/c1-3-17(2)7-10-19(11-8-17)16(20)14-5-4-13-6-9-18-15(13)12-14/h4-6,9,12,18H,3,7-8,10-11H2,1-2H3. The van der Waals surface area contributed by atoms with Gasteiger partial charge in [-0.25, -0.2) is 0 Å². The van der Waals surface area contributed by atoms with E-state index >= 15 is 0 Å². The molecule has 2 aromatic rings. The van der Waals surface area contributed by atoms with E-state index in [0.717, 1.165) is 42.4 Å². The molecule has 0 bridgehead atoms. The van der Waals surface area contributed by atoms with Crippen molar-refractivity contribution in [3.05, 3.63) is 36.0 Å². The zero-order chi connectivity index (χ0) is 14.2. The van der Waals surface area contributed by atoms with E-state index in [9.17, 15) is 4.79 Å². The van der Waals surface area contributed by atoms with E-state index in [0.29, 0.717) is 5.41 Å². The molecule has 1 saturated heterocycles. The predicted molar refractivity (Wildman–Crippen MR) is 81.8 cm³/mol. The highest BCUT2D eigenvalue weighted by molar-refractivity contribution is 5.98. The van der Waals surface area contributed by atoms with Crippen LogP contribution in [0.2, 0.25) is 0 Å². The van der Waals surface area contributed by atoms with Crippen molar-refractivity contribution in [2.45, 2.75) is 33.1 Å². The number of carbonyl (C=O) groups is 1. The zero-order valence-corrected chi connectivity index (χ0v) is 12.3. The number of fused-ring (bicyclic) bond motifs is 1. The summed E-state index contributed by atoms with van der Waals surface area (Å²) in [5.74, 6) is 0.166. The maximum absolute atomic E-state index is 12.6. The van der Waals surface area contributed by atoms with Crippen molar-refractivity contribution >= 4 is 16.8 Å². The highest BCUT2D eigenvalue weighted by atomic mass is 16.2. The molecule has 1 aromatic heterocycles. The number of hydrogen-bond acceptors (Lipinski definition) is 1. The molecule has 0 unspecified atom stereocenters. The lowest BCUT2D eigenvalue weighted by Crippen LogP contribution is -2.41. The summed E-state index contributed by atoms with van der Waals surface area (Å²) in [5.41, 5.74) is 2.24. The predicted octanol–water partition coefficient (Wildman–Crippen LogP) is 3.82. The Bertz CT molecular complexity index is 621. The van der Waals surface area contributed by atoms with Crippen LogP contribution in [0.25, 0.3) is 10.9 Å². The van der Waals surface area contributed by atoms with Gasteiger partial charge in [0.25, 0.3) is 5.91 Å². The number of likely N-dealkylation sites (tertiary alicyclic amines) is 1. The van der Waals surface area contributed by atoms with E-state index in [-0.39, 0.29) is 5.91 Å². The van der Waals surface area contributed by atoms with Crippen molar-refractivity contribution < 1.29 is 4.79 Å². The van der Waals surface area contributed by atoms with Crippen LogP contribution in [0.4, 0.5) is 0 Å². The number of benzene rings is 1. The number of nitrogens with one attached hydrogen (secondary N) is 1. The summed E-state index contributed by atoms with van der Waals surface area (Å²) >= 11 is 0. The van der Waals surface area contributed by atoms with Gasteiger partial charge < -0.3 is 9.88 Å². The van der Waals surface area contributed by atoms with E-state index in [1.54, 1.807) is 0 Å². The molecule has 1 N–H and O–H groups in total. The average molecular weight is 270 g/mol. The number of aromatic amines is 1. The van der Waals surface area contributed by atoms with Gasteiger partial charge in [-0.3, -0.25) is 4.79 Å². The van der Waals surface area contributed by atoms with Crippen LogP contribution in [0.5, 0.6) is 0 Å². The molecule has 2 heterocycles. The first-order valence-corrected chi connectivity index (χ1v) is 7.48. The number of nitrogens with zero attached hydrogens (tertiary/aromatic N) is 1. The molecule has 3 heteroatoms. The molecule has 0 spiro atoms. The molecule has 0 atom stereocenters. The molecule has 1 amide bonds. The first kappa shape index (κ1) is 13.2. The third-order valence-electron chi connectivity index (χ3n) is 4.91. The number of aromatic nitrogens is 1. The number of H-pyrrole nitrogens is 1. The molecule has 0 radical (unpaired) electrons. The summed E-state index contributed by atoms with van der Waals surface area (Å²) in [6.07, 6.45) is 5.33. The van der Waals surface area contributed by atoms with Crippen molar-refractivity contribution in [3.8, 4) is 0 Å². The SMILES string of the molecule is CCC1(C)CCN(C(=O)c2ccc3cc[nH]c3c2)CC1. The summed E-state index contributed by atoms with van der Waals surface area (Å²) in [6, 6.07) is 7.94. The zero-order valence-electron chi connectivity index (χ0n) is 12.3. The smallest absolute Gasteiger partial charge is 0.253 e. The summed E-state index contributed by atoms with van der Waals surface area (Å²) in [5, 5.41) is 1.15. The quantitative estimate of drug-likeness (QED) is 0.884. The van der Waals surface area contributed by atoms with Crippen molar-refractivity contribution in [1.82, 2.24) is 9.88 Å². The fourth-order valence-electron chi connectivity index (χ4n) is 2.97. The van der Waals surface area contributed by atoms with Gasteiger partial charge in [0.2, 0.25) is 0 Å². The average Bonchev–Trinajstić information content (AvgIpc) is 2.94. The number of rotatable bonds is 2. The van der Waals surface area contributed by atoms with Gasteiger partial charge in [-0.15, -0.1) is 0 Å². The van der Waals surface area contributed by atoms with Crippen molar-refractivity contribution in [3.63, 3.8) is 0 Å². The molecule has 20 heavy (non-hydrogen) atoms. The van der Waals surface area contributed by atoms with Crippen LogP contribution < -0.4 is 0 Å². The molecule has 106 valence electrons. The van der Waals surface area contributed by atoms with E-state index in [2.05, 4.69) is 18.8 Å². The minimum absolute atomic E-state index is 0.166. The molecule has 1 aliphatic heterocycles. The monoisotopic (exact) mass is 270 g/mol. The lowest BCUT2D eigenvalue weighted by atomic mass is 9.78. The molecular formula is C17H22N2O. The maximum atomic E-state index is 12.6. The van der Waals surface area contributed by atoms with Crippen LogP contribution in [0, 0.1) is 5.41 Å². The largest absolute Gasteiger partial charge is 0.361 e. The van der Waals surface area contributed by atoms with Gasteiger partial charge in [0.1, 0.15) is 0 Å². The third-order valence-corrected chi connectivity index (χ3v) is 4.91. The highest BCUT2D eigenvalue weighted by Crippen LogP contribution is 2.34. The highest BCUT2D eigenvalue weighted by Gasteiger charge is 2.30. The Kier molecular flexibility index (Phi) is 3.28. The van der Waals surface area contributed by atoms with Gasteiger partial charge in [0, 0.05) is 30.4 Å². The van der Waals surface area contributed by atoms with Gasteiger partial charge in [-0.2, -0.15) is 0 Å². The maximum Gasteiger partial charge on any atom is 0.253 e. The van der Waals surface area contributed by atoms with Crippen LogP contribution >= 0.6 is 0 Å². The Hall–Kier alpha value is -1.77. The normalized spacial score (nSPS) is 18.4. The Balaban J connectivity index is 1.76. The molecule has 3 nitrogen and oxygen atoms in total. The van der Waals surface area contributed by atoms with Gasteiger partial charge in [-0.05, 0) is 41.8 Å². The van der Waals surface area contributed by atoms with Crippen LogP contribution in [-0.2, 0) is 0 Å². The minimum Gasteiger partial charge on any atom is -0.361 e. The summed E-state index contributed by atoms with van der Waals surface area (Å²) < 4.78 is 0. The van der Waals surface area contributed by atoms with Crippen molar-refractivity contribution in [2.24, 2.45) is 5.41 Å². The molecule has 1 aromatic carbocycles. The van der Waals surface area contributed by atoms with Crippen LogP contribution in [-0.4, -0.2) is 28.9 Å². The number of carbonyl (C=O) groups excluding carboxylic acids is 1. The molecule has 0 aliphatic carbocycles. The lowest BCUT2D eigenvalue weighted by molar-refractivity contribution is 0.0600. The fourth-order valence-corrected chi connectivity index (χ4v) is 2.97.